The lowest BCUT2D eigenvalue weighted by molar-refractivity contribution is 0.0930. The molecule has 2 heterocycles. The van der Waals surface area contributed by atoms with Crippen molar-refractivity contribution in [3.8, 4) is 11.5 Å². The number of fused-ring (bicyclic) bond motifs is 1. The van der Waals surface area contributed by atoms with Gasteiger partial charge in [0.2, 0.25) is 6.79 Å². The molecule has 1 aromatic heterocycles. The first-order valence-electron chi connectivity index (χ1n) is 7.38. The van der Waals surface area contributed by atoms with Crippen molar-refractivity contribution in [3.05, 3.63) is 41.3 Å². The highest BCUT2D eigenvalue weighted by Gasteiger charge is 2.29. The fourth-order valence-corrected chi connectivity index (χ4v) is 2.49. The Morgan fingerprint density at radius 1 is 1.27 bits per heavy atom. The van der Waals surface area contributed by atoms with Crippen molar-refractivity contribution in [2.24, 2.45) is 0 Å². The number of carbonyl (C=O) groups is 1. The van der Waals surface area contributed by atoms with Crippen LogP contribution in [0.1, 0.15) is 53.5 Å². The lowest BCUT2D eigenvalue weighted by atomic mass is 10.1. The van der Waals surface area contributed by atoms with Crippen LogP contribution in [-0.2, 0) is 0 Å². The van der Waals surface area contributed by atoms with E-state index in [1.165, 1.54) is 0 Å². The third-order valence-corrected chi connectivity index (χ3v) is 3.98. The van der Waals surface area contributed by atoms with E-state index in [0.29, 0.717) is 17.4 Å². The van der Waals surface area contributed by atoms with Gasteiger partial charge >= 0.3 is 0 Å². The van der Waals surface area contributed by atoms with Crippen LogP contribution in [0.15, 0.2) is 28.8 Å². The van der Waals surface area contributed by atoms with E-state index >= 15 is 0 Å². The Labute approximate surface area is 127 Å². The molecular formula is C16H16N2O4. The first kappa shape index (κ1) is 13.2. The van der Waals surface area contributed by atoms with Gasteiger partial charge in [0, 0.05) is 12.0 Å². The van der Waals surface area contributed by atoms with E-state index in [9.17, 15) is 4.79 Å². The normalized spacial score (nSPS) is 17.3. The number of ether oxygens (including phenoxy) is 2. The number of aromatic nitrogens is 1. The number of amides is 1. The van der Waals surface area contributed by atoms with E-state index in [1.807, 2.05) is 25.1 Å². The third-order valence-electron chi connectivity index (χ3n) is 3.98. The van der Waals surface area contributed by atoms with Gasteiger partial charge in [-0.25, -0.2) is 0 Å². The monoisotopic (exact) mass is 300 g/mol. The summed E-state index contributed by atoms with van der Waals surface area (Å²) >= 11 is 0. The summed E-state index contributed by atoms with van der Waals surface area (Å²) in [6, 6.07) is 7.21. The predicted molar refractivity (Wildman–Crippen MR) is 76.9 cm³/mol. The standard InChI is InChI=1S/C16H16N2O4/c1-9(11-4-5-13-15(6-11)21-8-20-13)17-16(19)12-7-14(22-18-12)10-2-3-10/h4-7,9-10H,2-3,8H2,1H3,(H,17,19). The van der Waals surface area contributed by atoms with Gasteiger partial charge in [-0.3, -0.25) is 4.79 Å². The minimum absolute atomic E-state index is 0.164. The molecule has 1 N–H and O–H groups in total. The van der Waals surface area contributed by atoms with Gasteiger partial charge in [0.1, 0.15) is 5.76 Å². The maximum Gasteiger partial charge on any atom is 0.273 e. The minimum Gasteiger partial charge on any atom is -0.454 e. The number of benzene rings is 1. The molecule has 2 aromatic rings. The molecule has 4 rings (SSSR count). The van der Waals surface area contributed by atoms with E-state index < -0.39 is 0 Å². The first-order chi connectivity index (χ1) is 10.7. The third kappa shape index (κ3) is 2.41. The zero-order valence-corrected chi connectivity index (χ0v) is 12.2. The van der Waals surface area contributed by atoms with Crippen molar-refractivity contribution in [2.45, 2.75) is 31.7 Å². The molecule has 114 valence electrons. The van der Waals surface area contributed by atoms with E-state index in [-0.39, 0.29) is 18.7 Å². The average molecular weight is 300 g/mol. The summed E-state index contributed by atoms with van der Waals surface area (Å²) < 4.78 is 15.8. The molecule has 1 aromatic carbocycles. The van der Waals surface area contributed by atoms with Crippen LogP contribution >= 0.6 is 0 Å². The van der Waals surface area contributed by atoms with Crippen LogP contribution in [-0.4, -0.2) is 17.9 Å². The van der Waals surface area contributed by atoms with Crippen LogP contribution in [0.4, 0.5) is 0 Å². The predicted octanol–water partition coefficient (Wildman–Crippen LogP) is 2.77. The highest BCUT2D eigenvalue weighted by Crippen LogP contribution is 2.40. The molecule has 1 aliphatic heterocycles. The van der Waals surface area contributed by atoms with Gasteiger partial charge in [-0.2, -0.15) is 0 Å². The Kier molecular flexibility index (Phi) is 3.03. The van der Waals surface area contributed by atoms with Gasteiger partial charge in [0.25, 0.3) is 5.91 Å². The van der Waals surface area contributed by atoms with Gasteiger partial charge in [-0.05, 0) is 37.5 Å². The lowest BCUT2D eigenvalue weighted by Gasteiger charge is -2.13. The second kappa shape index (κ2) is 5.05. The second-order valence-corrected chi connectivity index (χ2v) is 5.70. The van der Waals surface area contributed by atoms with Crippen molar-refractivity contribution >= 4 is 5.91 Å². The molecule has 6 nitrogen and oxygen atoms in total. The minimum atomic E-state index is -0.235. The zero-order valence-electron chi connectivity index (χ0n) is 12.2. The van der Waals surface area contributed by atoms with Crippen LogP contribution in [0, 0.1) is 0 Å². The molecule has 1 amide bonds. The molecule has 1 atom stereocenters. The molecule has 0 bridgehead atoms. The van der Waals surface area contributed by atoms with E-state index in [2.05, 4.69) is 10.5 Å². The quantitative estimate of drug-likeness (QED) is 0.940. The van der Waals surface area contributed by atoms with Crippen molar-refractivity contribution < 1.29 is 18.8 Å². The molecule has 1 fully saturated rings. The van der Waals surface area contributed by atoms with Crippen LogP contribution < -0.4 is 14.8 Å². The Balaban J connectivity index is 1.46. The van der Waals surface area contributed by atoms with Gasteiger partial charge in [-0.15, -0.1) is 0 Å². The maximum atomic E-state index is 12.2. The van der Waals surface area contributed by atoms with E-state index in [4.69, 9.17) is 14.0 Å². The van der Waals surface area contributed by atoms with Crippen LogP contribution in [0.5, 0.6) is 11.5 Å². The molecule has 1 aliphatic carbocycles. The summed E-state index contributed by atoms with van der Waals surface area (Å²) in [5, 5.41) is 6.77. The van der Waals surface area contributed by atoms with Crippen molar-refractivity contribution in [2.75, 3.05) is 6.79 Å². The van der Waals surface area contributed by atoms with Gasteiger partial charge in [0.15, 0.2) is 17.2 Å². The smallest absolute Gasteiger partial charge is 0.273 e. The summed E-state index contributed by atoms with van der Waals surface area (Å²) in [5.41, 5.74) is 1.28. The molecule has 0 radical (unpaired) electrons. The van der Waals surface area contributed by atoms with Crippen molar-refractivity contribution in [3.63, 3.8) is 0 Å². The van der Waals surface area contributed by atoms with Crippen LogP contribution in [0.25, 0.3) is 0 Å². The largest absolute Gasteiger partial charge is 0.454 e. The summed E-state index contributed by atoms with van der Waals surface area (Å²) in [6.07, 6.45) is 2.23. The maximum absolute atomic E-state index is 12.2. The molecule has 22 heavy (non-hydrogen) atoms. The number of rotatable bonds is 4. The fourth-order valence-electron chi connectivity index (χ4n) is 2.49. The van der Waals surface area contributed by atoms with E-state index in [0.717, 1.165) is 29.9 Å². The van der Waals surface area contributed by atoms with Crippen LogP contribution in [0.2, 0.25) is 0 Å². The molecule has 0 spiro atoms. The summed E-state index contributed by atoms with van der Waals surface area (Å²) in [6.45, 7) is 2.15. The van der Waals surface area contributed by atoms with Gasteiger partial charge in [0.05, 0.1) is 6.04 Å². The zero-order chi connectivity index (χ0) is 15.1. The SMILES string of the molecule is CC(NC(=O)c1cc(C2CC2)on1)c1ccc2c(c1)OCO2. The Morgan fingerprint density at radius 2 is 2.09 bits per heavy atom. The fraction of sp³-hybridized carbons (Fsp3) is 0.375. The first-order valence-corrected chi connectivity index (χ1v) is 7.38. The topological polar surface area (TPSA) is 73.6 Å². The van der Waals surface area contributed by atoms with E-state index in [1.54, 1.807) is 6.07 Å². The van der Waals surface area contributed by atoms with Crippen molar-refractivity contribution in [1.29, 1.82) is 0 Å². The summed E-state index contributed by atoms with van der Waals surface area (Å²) in [5.74, 6) is 2.45. The number of carbonyl (C=O) groups excluding carboxylic acids is 1. The molecule has 2 aliphatic rings. The second-order valence-electron chi connectivity index (χ2n) is 5.70. The number of hydrogen-bond acceptors (Lipinski definition) is 5. The Bertz CT molecular complexity index is 721. The highest BCUT2D eigenvalue weighted by molar-refractivity contribution is 5.92. The Morgan fingerprint density at radius 3 is 2.91 bits per heavy atom. The molecule has 1 saturated carbocycles. The Hall–Kier alpha value is -2.50. The average Bonchev–Trinajstić information content (AvgIpc) is 3.07. The summed E-state index contributed by atoms with van der Waals surface area (Å²) in [7, 11) is 0. The molecule has 6 heteroatoms. The molecule has 0 saturated heterocycles. The lowest BCUT2D eigenvalue weighted by Crippen LogP contribution is -2.26. The van der Waals surface area contributed by atoms with Gasteiger partial charge in [-0.1, -0.05) is 11.2 Å². The number of hydrogen-bond donors (Lipinski definition) is 1. The molecule has 1 unspecified atom stereocenters. The number of nitrogens with one attached hydrogen (secondary N) is 1. The highest BCUT2D eigenvalue weighted by atomic mass is 16.7. The van der Waals surface area contributed by atoms with Gasteiger partial charge < -0.3 is 19.3 Å². The molecular weight excluding hydrogens is 284 g/mol. The van der Waals surface area contributed by atoms with Crippen molar-refractivity contribution in [1.82, 2.24) is 10.5 Å². The number of nitrogens with zero attached hydrogens (tertiary/aromatic N) is 1. The van der Waals surface area contributed by atoms with Crippen LogP contribution in [0.3, 0.4) is 0 Å². The summed E-state index contributed by atoms with van der Waals surface area (Å²) in [4.78, 5) is 12.2.